The van der Waals surface area contributed by atoms with Gasteiger partial charge in [-0.25, -0.2) is 5.26 Å². The van der Waals surface area contributed by atoms with E-state index >= 15 is 0 Å². The molecule has 0 unspecified atom stereocenters. The summed E-state index contributed by atoms with van der Waals surface area (Å²) in [4.78, 5) is 0.635. The first-order valence-corrected chi connectivity index (χ1v) is 7.45. The molecule has 0 saturated carbocycles. The molecule has 0 amide bonds. The number of phenols is 1. The molecular weight excluding hydrogens is 300 g/mol. The van der Waals surface area contributed by atoms with E-state index in [1.807, 2.05) is 42.5 Å². The maximum absolute atomic E-state index is 10.1. The Labute approximate surface area is 132 Å². The maximum atomic E-state index is 10.1. The topological polar surface area (TPSA) is 58.9 Å². The summed E-state index contributed by atoms with van der Waals surface area (Å²) in [6.07, 6.45) is 0.825. The molecule has 0 aliphatic rings. The summed E-state index contributed by atoms with van der Waals surface area (Å²) in [6.45, 7) is 0. The molecule has 3 aromatic carbocycles. The number of hydrogen-bond acceptors (Lipinski definition) is 5. The second-order valence-electron chi connectivity index (χ2n) is 4.89. The summed E-state index contributed by atoms with van der Waals surface area (Å²) in [5, 5.41) is 23.5. The van der Waals surface area contributed by atoms with Crippen molar-refractivity contribution in [2.24, 2.45) is 0 Å². The van der Waals surface area contributed by atoms with Gasteiger partial charge in [0, 0.05) is 10.3 Å². The molecule has 3 aromatic rings. The van der Waals surface area contributed by atoms with Gasteiger partial charge in [-0.2, -0.15) is 0 Å². The molecule has 0 aromatic heterocycles. The predicted molar refractivity (Wildman–Crippen MR) is 85.5 cm³/mol. The fraction of sp³-hybridized carbons (Fsp3) is 0.0588. The van der Waals surface area contributed by atoms with Crippen LogP contribution in [0.25, 0.3) is 10.8 Å². The summed E-state index contributed by atoms with van der Waals surface area (Å²) < 4.78 is 4.41. The van der Waals surface area contributed by atoms with Crippen LogP contribution in [-0.4, -0.2) is 10.4 Å². The molecule has 2 N–H and O–H groups in total. The van der Waals surface area contributed by atoms with Crippen LogP contribution in [0.5, 0.6) is 5.75 Å². The minimum Gasteiger partial charge on any atom is -0.507 e. The Kier molecular flexibility index (Phi) is 4.60. The van der Waals surface area contributed by atoms with Crippen LogP contribution in [0.1, 0.15) is 11.1 Å². The van der Waals surface area contributed by atoms with E-state index in [-0.39, 0.29) is 5.75 Å². The van der Waals surface area contributed by atoms with Crippen molar-refractivity contribution in [3.05, 3.63) is 71.8 Å². The standard InChI is InChI=1S/C17H14O4S/c18-17-11-15(22-21-20-19)10-14-9-13(6-7-16(14)17)8-12-4-2-1-3-5-12/h1-7,9-11,18-19H,8H2. The summed E-state index contributed by atoms with van der Waals surface area (Å²) in [5.41, 5.74) is 2.38. The van der Waals surface area contributed by atoms with Gasteiger partial charge in [0.25, 0.3) is 0 Å². The molecule has 22 heavy (non-hydrogen) atoms. The fourth-order valence-electron chi connectivity index (χ4n) is 2.42. The Bertz CT molecular complexity index is 774. The molecule has 0 fully saturated rings. The number of rotatable bonds is 5. The molecule has 3 rings (SSSR count). The average molecular weight is 314 g/mol. The quantitative estimate of drug-likeness (QED) is 0.410. The lowest BCUT2D eigenvalue weighted by atomic mass is 10.0. The second-order valence-corrected chi connectivity index (χ2v) is 5.66. The molecule has 5 heteroatoms. The van der Waals surface area contributed by atoms with Crippen LogP contribution in [0, 0.1) is 0 Å². The van der Waals surface area contributed by atoms with Gasteiger partial charge in [0.05, 0.1) is 12.0 Å². The summed E-state index contributed by atoms with van der Waals surface area (Å²) in [6, 6.07) is 19.6. The summed E-state index contributed by atoms with van der Waals surface area (Å²) in [5.74, 6) is 0.160. The minimum absolute atomic E-state index is 0.160. The Morgan fingerprint density at radius 1 is 0.909 bits per heavy atom. The second kappa shape index (κ2) is 6.81. The molecule has 0 saturated heterocycles. The third-order valence-electron chi connectivity index (χ3n) is 3.38. The van der Waals surface area contributed by atoms with Crippen LogP contribution in [0.3, 0.4) is 0 Å². The first-order valence-electron chi connectivity index (χ1n) is 6.70. The van der Waals surface area contributed by atoms with E-state index in [4.69, 9.17) is 5.26 Å². The Hall–Kier alpha value is -2.05. The van der Waals surface area contributed by atoms with Crippen molar-refractivity contribution in [1.29, 1.82) is 0 Å². The number of aromatic hydroxyl groups is 1. The molecule has 112 valence electrons. The Balaban J connectivity index is 1.93. The van der Waals surface area contributed by atoms with Gasteiger partial charge in [-0.05, 0) is 35.1 Å². The van der Waals surface area contributed by atoms with E-state index in [9.17, 15) is 5.11 Å². The van der Waals surface area contributed by atoms with Gasteiger partial charge < -0.3 is 5.11 Å². The number of phenolic OH excluding ortho intramolecular Hbond substituents is 1. The van der Waals surface area contributed by atoms with Crippen LogP contribution in [0.2, 0.25) is 0 Å². The maximum Gasteiger partial charge on any atom is 0.124 e. The number of fused-ring (bicyclic) bond motifs is 1. The highest BCUT2D eigenvalue weighted by molar-refractivity contribution is 7.94. The normalized spacial score (nSPS) is 11.0. The van der Waals surface area contributed by atoms with Gasteiger partial charge in [0.2, 0.25) is 0 Å². The highest BCUT2D eigenvalue weighted by Crippen LogP contribution is 2.32. The minimum atomic E-state index is 0.160. The van der Waals surface area contributed by atoms with Crippen molar-refractivity contribution in [2.75, 3.05) is 0 Å². The lowest BCUT2D eigenvalue weighted by Gasteiger charge is -2.07. The zero-order valence-electron chi connectivity index (χ0n) is 11.6. The lowest BCUT2D eigenvalue weighted by molar-refractivity contribution is -0.432. The summed E-state index contributed by atoms with van der Waals surface area (Å²) in [7, 11) is 0. The third kappa shape index (κ3) is 3.40. The van der Waals surface area contributed by atoms with Gasteiger partial charge in [0.15, 0.2) is 0 Å². The SMILES string of the molecule is OOOSc1cc(O)c2ccc(Cc3ccccc3)cc2c1. The van der Waals surface area contributed by atoms with Crippen LogP contribution >= 0.6 is 12.0 Å². The van der Waals surface area contributed by atoms with Gasteiger partial charge in [-0.3, -0.25) is 0 Å². The average Bonchev–Trinajstić information content (AvgIpc) is 2.53. The van der Waals surface area contributed by atoms with Crippen molar-refractivity contribution in [1.82, 2.24) is 0 Å². The van der Waals surface area contributed by atoms with E-state index in [1.165, 1.54) is 5.56 Å². The molecule has 0 atom stereocenters. The van der Waals surface area contributed by atoms with E-state index in [0.717, 1.165) is 34.8 Å². The fourth-order valence-corrected chi connectivity index (χ4v) is 2.86. The monoisotopic (exact) mass is 314 g/mol. The van der Waals surface area contributed by atoms with Crippen LogP contribution in [-0.2, 0) is 15.8 Å². The summed E-state index contributed by atoms with van der Waals surface area (Å²) >= 11 is 0.827. The largest absolute Gasteiger partial charge is 0.507 e. The van der Waals surface area contributed by atoms with E-state index in [2.05, 4.69) is 21.5 Å². The molecule has 0 heterocycles. The van der Waals surface area contributed by atoms with E-state index in [0.29, 0.717) is 4.90 Å². The highest BCUT2D eigenvalue weighted by Gasteiger charge is 2.06. The first-order chi connectivity index (χ1) is 10.8. The lowest BCUT2D eigenvalue weighted by Crippen LogP contribution is -1.88. The molecule has 0 radical (unpaired) electrons. The zero-order valence-corrected chi connectivity index (χ0v) is 12.4. The number of hydrogen-bond donors (Lipinski definition) is 2. The van der Waals surface area contributed by atoms with Gasteiger partial charge in [-0.1, -0.05) is 53.6 Å². The molecule has 0 aliphatic carbocycles. The Morgan fingerprint density at radius 3 is 2.50 bits per heavy atom. The van der Waals surface area contributed by atoms with Crippen LogP contribution < -0.4 is 0 Å². The van der Waals surface area contributed by atoms with Gasteiger partial charge in [0.1, 0.15) is 5.75 Å². The van der Waals surface area contributed by atoms with E-state index < -0.39 is 0 Å². The van der Waals surface area contributed by atoms with E-state index in [1.54, 1.807) is 6.07 Å². The van der Waals surface area contributed by atoms with Crippen LogP contribution in [0.15, 0.2) is 65.6 Å². The van der Waals surface area contributed by atoms with Crippen LogP contribution in [0.4, 0.5) is 0 Å². The highest BCUT2D eigenvalue weighted by atomic mass is 32.2. The van der Waals surface area contributed by atoms with Crippen molar-refractivity contribution >= 4 is 22.8 Å². The molecule has 0 spiro atoms. The van der Waals surface area contributed by atoms with Crippen molar-refractivity contribution in [2.45, 2.75) is 11.3 Å². The smallest absolute Gasteiger partial charge is 0.124 e. The van der Waals surface area contributed by atoms with Crippen molar-refractivity contribution in [3.63, 3.8) is 0 Å². The van der Waals surface area contributed by atoms with Crippen molar-refractivity contribution < 1.29 is 19.7 Å². The van der Waals surface area contributed by atoms with Crippen molar-refractivity contribution in [3.8, 4) is 5.75 Å². The molecule has 0 bridgehead atoms. The zero-order chi connectivity index (χ0) is 15.4. The first kappa shape index (κ1) is 14.9. The third-order valence-corrected chi connectivity index (χ3v) is 3.94. The van der Waals surface area contributed by atoms with Gasteiger partial charge in [-0.15, -0.1) is 4.33 Å². The Morgan fingerprint density at radius 2 is 1.73 bits per heavy atom. The molecular formula is C17H14O4S. The molecule has 4 nitrogen and oxygen atoms in total. The molecule has 0 aliphatic heterocycles. The van der Waals surface area contributed by atoms with Gasteiger partial charge >= 0.3 is 0 Å². The predicted octanol–water partition coefficient (Wildman–Crippen LogP) is 4.56. The number of benzene rings is 3.